The third-order valence-corrected chi connectivity index (χ3v) is 10.4. The molecule has 20 nitrogen and oxygen atoms in total. The molecule has 11 aromatic rings. The van der Waals surface area contributed by atoms with Crippen molar-refractivity contribution < 1.29 is 0 Å². The lowest BCUT2D eigenvalue weighted by molar-refractivity contribution is 0.880. The highest BCUT2D eigenvalue weighted by Crippen LogP contribution is 2.25. The number of anilines is 11. The second-order valence-electron chi connectivity index (χ2n) is 15.3. The maximum absolute atomic E-state index is 4.72. The molecule has 6 heterocycles. The van der Waals surface area contributed by atoms with E-state index in [0.717, 1.165) is 45.4 Å². The molecule has 0 saturated carbocycles. The van der Waals surface area contributed by atoms with Gasteiger partial charge >= 0.3 is 0 Å². The first kappa shape index (κ1) is 41.5. The Labute approximate surface area is 393 Å². The number of hydrogen-bond donors (Lipinski definition) is 6. The lowest BCUT2D eigenvalue weighted by Crippen LogP contribution is -2.09. The molecule has 0 aliphatic carbocycles. The van der Waals surface area contributed by atoms with E-state index in [-0.39, 0.29) is 0 Å². The Balaban J connectivity index is 0.804. The summed E-state index contributed by atoms with van der Waals surface area (Å²) in [7, 11) is 0. The van der Waals surface area contributed by atoms with Crippen LogP contribution in [0.4, 0.5) is 64.1 Å². The molecular weight excluding hydrogens is 869 g/mol. The predicted octanol–water partition coefficient (Wildman–Crippen LogP) is 9.13. The summed E-state index contributed by atoms with van der Waals surface area (Å²) in [4.78, 5) is 28.2. The van der Waals surface area contributed by atoms with Crippen LogP contribution in [0.25, 0.3) is 22.7 Å². The Morgan fingerprint density at radius 1 is 0.319 bits per heavy atom. The highest BCUT2D eigenvalue weighted by atomic mass is 15.3. The van der Waals surface area contributed by atoms with Crippen molar-refractivity contribution in [2.75, 3.05) is 31.9 Å². The van der Waals surface area contributed by atoms with Crippen molar-refractivity contribution in [3.63, 3.8) is 0 Å². The summed E-state index contributed by atoms with van der Waals surface area (Å²) in [6.45, 7) is 0.410. The second kappa shape index (κ2) is 19.1. The highest BCUT2D eigenvalue weighted by Gasteiger charge is 2.13. The Hall–Kier alpha value is -10.2. The number of benzene rings is 5. The molecule has 0 bridgehead atoms. The molecule has 20 heteroatoms. The van der Waals surface area contributed by atoms with Gasteiger partial charge in [-0.05, 0) is 103 Å². The van der Waals surface area contributed by atoms with Crippen molar-refractivity contribution in [2.24, 2.45) is 0 Å². The summed E-state index contributed by atoms with van der Waals surface area (Å²) in [5.74, 6) is 1.98. The molecule has 0 unspecified atom stereocenters. The van der Waals surface area contributed by atoms with Crippen LogP contribution in [0.15, 0.2) is 195 Å². The number of hydrogen-bond acceptors (Lipinski definition) is 16. The quantitative estimate of drug-likeness (QED) is 0.0501. The van der Waals surface area contributed by atoms with Crippen LogP contribution in [0.2, 0.25) is 0 Å². The fourth-order valence-corrected chi connectivity index (χ4v) is 7.10. The number of nitrogens with one attached hydrogen (secondary N) is 6. The molecule has 6 aromatic heterocycles. The molecule has 0 spiro atoms. The average Bonchev–Trinajstić information content (AvgIpc) is 4.25. The van der Waals surface area contributed by atoms with Crippen LogP contribution in [0, 0.1) is 0 Å². The van der Waals surface area contributed by atoms with Crippen LogP contribution in [-0.4, -0.2) is 69.0 Å². The van der Waals surface area contributed by atoms with Gasteiger partial charge in [-0.1, -0.05) is 48.5 Å². The maximum Gasteiger partial charge on any atom is 0.233 e. The molecular formula is C49H40N20. The van der Waals surface area contributed by atoms with Gasteiger partial charge in [0.05, 0.1) is 58.9 Å². The third kappa shape index (κ3) is 10.2. The van der Waals surface area contributed by atoms with Crippen molar-refractivity contribution in [3.8, 4) is 22.7 Å². The first-order valence-electron chi connectivity index (χ1n) is 21.7. The fourth-order valence-electron chi connectivity index (χ4n) is 7.10. The van der Waals surface area contributed by atoms with E-state index >= 15 is 0 Å². The molecule has 69 heavy (non-hydrogen) atoms. The summed E-state index contributed by atoms with van der Waals surface area (Å²) >= 11 is 0. The Kier molecular flexibility index (Phi) is 11.5. The van der Waals surface area contributed by atoms with Crippen LogP contribution in [0.3, 0.4) is 0 Å². The van der Waals surface area contributed by atoms with E-state index in [9.17, 15) is 0 Å². The van der Waals surface area contributed by atoms with Crippen LogP contribution in [0.5, 0.6) is 0 Å². The lowest BCUT2D eigenvalue weighted by Gasteiger charge is -2.13. The Bertz CT molecular complexity index is 3200. The molecule has 6 N–H and O–H groups in total. The van der Waals surface area contributed by atoms with Gasteiger partial charge in [0.15, 0.2) is 0 Å². The first-order valence-corrected chi connectivity index (χ1v) is 21.7. The van der Waals surface area contributed by atoms with Crippen molar-refractivity contribution in [1.29, 1.82) is 0 Å². The van der Waals surface area contributed by atoms with Crippen molar-refractivity contribution in [3.05, 3.63) is 201 Å². The minimum absolute atomic E-state index is 0.315. The molecule has 0 radical (unpaired) electrons. The van der Waals surface area contributed by atoms with E-state index in [4.69, 9.17) is 24.9 Å². The van der Waals surface area contributed by atoms with Crippen LogP contribution in [0.1, 0.15) is 5.56 Å². The number of rotatable bonds is 17. The van der Waals surface area contributed by atoms with Gasteiger partial charge in [-0.3, -0.25) is 0 Å². The van der Waals surface area contributed by atoms with E-state index < -0.39 is 0 Å². The molecule has 336 valence electrons. The van der Waals surface area contributed by atoms with Crippen molar-refractivity contribution >= 4 is 64.1 Å². The molecule has 11 rings (SSSR count). The van der Waals surface area contributed by atoms with Gasteiger partial charge in [0.25, 0.3) is 0 Å². The van der Waals surface area contributed by atoms with E-state index in [1.54, 1.807) is 43.5 Å². The van der Waals surface area contributed by atoms with Gasteiger partial charge in [0, 0.05) is 48.4 Å². The van der Waals surface area contributed by atoms with E-state index in [0.29, 0.717) is 53.6 Å². The van der Waals surface area contributed by atoms with Crippen molar-refractivity contribution in [2.45, 2.75) is 6.54 Å². The van der Waals surface area contributed by atoms with Gasteiger partial charge < -0.3 is 31.9 Å². The molecule has 5 aromatic carbocycles. The molecule has 0 amide bonds. The Morgan fingerprint density at radius 2 is 0.681 bits per heavy atom. The molecule has 0 atom stereocenters. The zero-order valence-corrected chi connectivity index (χ0v) is 36.4. The molecule has 0 aliphatic rings. The van der Waals surface area contributed by atoms with E-state index in [1.165, 1.54) is 0 Å². The van der Waals surface area contributed by atoms with Crippen LogP contribution in [-0.2, 0) is 6.54 Å². The first-order chi connectivity index (χ1) is 34.1. The van der Waals surface area contributed by atoms with Gasteiger partial charge in [0.1, 0.15) is 0 Å². The largest absolute Gasteiger partial charge is 0.350 e. The lowest BCUT2D eigenvalue weighted by atomic mass is 10.2. The number of aromatic nitrogens is 14. The Morgan fingerprint density at radius 3 is 1.07 bits per heavy atom. The molecule has 0 saturated heterocycles. The zero-order valence-electron chi connectivity index (χ0n) is 36.4. The second-order valence-corrected chi connectivity index (χ2v) is 15.3. The summed E-state index contributed by atoms with van der Waals surface area (Å²) in [6.07, 6.45) is 14.4. The average molecular weight is 909 g/mol. The summed E-state index contributed by atoms with van der Waals surface area (Å²) in [5, 5.41) is 37.6. The minimum atomic E-state index is 0.315. The standard InChI is InChI=1S/C49H40N20/c1-3-9-40(10-4-1)68-32-38(30-53-68)58-48-60-44(61-49(65-48)59-39-31-54-69(33-39)41-11-5-2-6-12-41)50-29-34-13-15-35(16-14-34)55-45-62-46(56-36-17-21-42(22-18-36)66-27-7-25-51-66)64-47(63-45)57-37-19-23-43(24-20-37)67-28-8-26-52-67/h1-28,30-33H,29H2,(H3,50,58,59,60,61,65)(H3,55,56,57,62,63,64). The van der Waals surface area contributed by atoms with Crippen LogP contribution >= 0.6 is 0 Å². The zero-order chi connectivity index (χ0) is 46.2. The summed E-state index contributed by atoms with van der Waals surface area (Å²) < 4.78 is 7.14. The fraction of sp³-hybridized carbons (Fsp3) is 0.0204. The third-order valence-electron chi connectivity index (χ3n) is 10.4. The van der Waals surface area contributed by atoms with E-state index in [1.807, 2.05) is 170 Å². The topological polar surface area (TPSA) is 221 Å². The highest BCUT2D eigenvalue weighted by molar-refractivity contribution is 5.64. The molecule has 0 aliphatic heterocycles. The van der Waals surface area contributed by atoms with Crippen molar-refractivity contribution in [1.82, 2.24) is 69.0 Å². The summed E-state index contributed by atoms with van der Waals surface area (Å²) in [5.41, 5.74) is 8.40. The van der Waals surface area contributed by atoms with Gasteiger partial charge in [-0.15, -0.1) is 0 Å². The number of para-hydroxylation sites is 2. The van der Waals surface area contributed by atoms with Gasteiger partial charge in [0.2, 0.25) is 35.7 Å². The monoisotopic (exact) mass is 908 g/mol. The van der Waals surface area contributed by atoms with Crippen LogP contribution < -0.4 is 31.9 Å². The summed E-state index contributed by atoms with van der Waals surface area (Å²) in [6, 6.07) is 47.0. The SMILES string of the molecule is c1ccc(-n2cc(Nc3nc(NCc4ccc(Nc5nc(Nc6ccc(-n7cccn7)cc6)nc(Nc6ccc(-n7cccn7)cc6)n5)cc4)nc(Nc4cnn(-c5ccccc5)c4)n3)cn2)cc1. The normalized spacial score (nSPS) is 11.0. The van der Waals surface area contributed by atoms with Gasteiger partial charge in [-0.25, -0.2) is 18.7 Å². The minimum Gasteiger partial charge on any atom is -0.350 e. The smallest absolute Gasteiger partial charge is 0.233 e. The number of nitrogens with zero attached hydrogens (tertiary/aromatic N) is 14. The maximum atomic E-state index is 4.72. The molecule has 0 fully saturated rings. The predicted molar refractivity (Wildman–Crippen MR) is 264 cm³/mol. The van der Waals surface area contributed by atoms with Gasteiger partial charge in [-0.2, -0.15) is 50.3 Å². The van der Waals surface area contributed by atoms with E-state index in [2.05, 4.69) is 57.3 Å².